The molecule has 1 heterocycles. The summed E-state index contributed by atoms with van der Waals surface area (Å²) in [4.78, 5) is 24.9. The second-order valence-electron chi connectivity index (χ2n) is 5.42. The van der Waals surface area contributed by atoms with Crippen LogP contribution in [0.4, 0.5) is 10.5 Å². The molecule has 3 amide bonds. The highest BCUT2D eigenvalue weighted by molar-refractivity contribution is 6.35. The Kier molecular flexibility index (Phi) is 5.91. The van der Waals surface area contributed by atoms with Crippen LogP contribution in [-0.4, -0.2) is 36.5 Å². The third kappa shape index (κ3) is 4.78. The van der Waals surface area contributed by atoms with E-state index in [1.165, 1.54) is 6.92 Å². The van der Waals surface area contributed by atoms with Crippen LogP contribution in [0.15, 0.2) is 18.2 Å². The van der Waals surface area contributed by atoms with E-state index in [9.17, 15) is 9.59 Å². The van der Waals surface area contributed by atoms with Crippen molar-refractivity contribution >= 4 is 40.8 Å². The highest BCUT2D eigenvalue weighted by Gasteiger charge is 2.23. The normalized spacial score (nSPS) is 15.5. The van der Waals surface area contributed by atoms with Gasteiger partial charge in [-0.15, -0.1) is 0 Å². The summed E-state index contributed by atoms with van der Waals surface area (Å²) in [5.41, 5.74) is 0.513. The molecule has 1 aromatic rings. The van der Waals surface area contributed by atoms with E-state index in [4.69, 9.17) is 23.2 Å². The van der Waals surface area contributed by atoms with Gasteiger partial charge in [0.1, 0.15) is 0 Å². The molecule has 0 saturated carbocycles. The van der Waals surface area contributed by atoms with Crippen molar-refractivity contribution in [3.8, 4) is 0 Å². The molecule has 1 aliphatic rings. The van der Waals surface area contributed by atoms with Crippen LogP contribution in [-0.2, 0) is 4.79 Å². The van der Waals surface area contributed by atoms with Gasteiger partial charge in [0.05, 0.1) is 10.7 Å². The van der Waals surface area contributed by atoms with Gasteiger partial charge in [0.15, 0.2) is 0 Å². The quantitative estimate of drug-likeness (QED) is 0.883. The number of urea groups is 1. The van der Waals surface area contributed by atoms with Crippen molar-refractivity contribution in [3.63, 3.8) is 0 Å². The second kappa shape index (κ2) is 7.70. The van der Waals surface area contributed by atoms with Crippen LogP contribution in [0.1, 0.15) is 19.8 Å². The fourth-order valence-electron chi connectivity index (χ4n) is 2.42. The van der Waals surface area contributed by atoms with Gasteiger partial charge in [0, 0.05) is 31.6 Å². The molecule has 2 rings (SSSR count). The number of likely N-dealkylation sites (tertiary alicyclic amines) is 1. The number of nitrogens with one attached hydrogen (secondary N) is 2. The number of carbonyl (C=O) groups is 2. The molecule has 0 aliphatic carbocycles. The van der Waals surface area contributed by atoms with E-state index in [1.54, 1.807) is 23.1 Å². The van der Waals surface area contributed by atoms with Crippen LogP contribution in [0.25, 0.3) is 0 Å². The summed E-state index contributed by atoms with van der Waals surface area (Å²) in [5.74, 6) is 0.401. The summed E-state index contributed by atoms with van der Waals surface area (Å²) < 4.78 is 0. The van der Waals surface area contributed by atoms with Crippen LogP contribution in [0.5, 0.6) is 0 Å². The minimum Gasteiger partial charge on any atom is -0.356 e. The third-order valence-electron chi connectivity index (χ3n) is 3.71. The largest absolute Gasteiger partial charge is 0.356 e. The fraction of sp³-hybridized carbons (Fsp3) is 0.467. The molecule has 22 heavy (non-hydrogen) atoms. The molecule has 0 spiro atoms. The first-order valence-corrected chi connectivity index (χ1v) is 7.96. The van der Waals surface area contributed by atoms with Gasteiger partial charge >= 0.3 is 6.03 Å². The Hall–Kier alpha value is -1.46. The standard InChI is InChI=1S/C15H19Cl2N3O2/c1-10(21)18-9-11-4-6-20(7-5-11)15(22)19-14-8-12(16)2-3-13(14)17/h2-3,8,11H,4-7,9H2,1H3,(H,18,21)(H,19,22). The summed E-state index contributed by atoms with van der Waals surface area (Å²) in [6.07, 6.45) is 1.74. The van der Waals surface area contributed by atoms with E-state index in [2.05, 4.69) is 10.6 Å². The lowest BCUT2D eigenvalue weighted by atomic mass is 9.97. The number of nitrogens with zero attached hydrogens (tertiary/aromatic N) is 1. The van der Waals surface area contributed by atoms with Crippen LogP contribution in [0.3, 0.4) is 0 Å². The maximum atomic E-state index is 12.2. The number of carbonyl (C=O) groups excluding carboxylic acids is 2. The van der Waals surface area contributed by atoms with Crippen molar-refractivity contribution in [2.45, 2.75) is 19.8 Å². The highest BCUT2D eigenvalue weighted by atomic mass is 35.5. The van der Waals surface area contributed by atoms with Gasteiger partial charge in [-0.1, -0.05) is 23.2 Å². The van der Waals surface area contributed by atoms with Crippen LogP contribution >= 0.6 is 23.2 Å². The average molecular weight is 344 g/mol. The maximum Gasteiger partial charge on any atom is 0.321 e. The van der Waals surface area contributed by atoms with Crippen LogP contribution in [0.2, 0.25) is 10.0 Å². The predicted octanol–water partition coefficient (Wildman–Crippen LogP) is 3.37. The number of hydrogen-bond acceptors (Lipinski definition) is 2. The van der Waals surface area contributed by atoms with E-state index in [-0.39, 0.29) is 11.9 Å². The Bertz CT molecular complexity index is 558. The molecule has 0 aromatic heterocycles. The number of amides is 3. The van der Waals surface area contributed by atoms with Gasteiger partial charge in [-0.2, -0.15) is 0 Å². The molecule has 1 fully saturated rings. The number of benzene rings is 1. The van der Waals surface area contributed by atoms with Gasteiger partial charge < -0.3 is 15.5 Å². The second-order valence-corrected chi connectivity index (χ2v) is 6.27. The van der Waals surface area contributed by atoms with Crippen molar-refractivity contribution in [3.05, 3.63) is 28.2 Å². The minimum atomic E-state index is -0.179. The molecule has 1 saturated heterocycles. The first kappa shape index (κ1) is 16.9. The van der Waals surface area contributed by atoms with Crippen molar-refractivity contribution in [2.75, 3.05) is 25.0 Å². The lowest BCUT2D eigenvalue weighted by molar-refractivity contribution is -0.119. The summed E-state index contributed by atoms with van der Waals surface area (Å²) in [6.45, 7) is 3.50. The lowest BCUT2D eigenvalue weighted by Crippen LogP contribution is -2.43. The SMILES string of the molecule is CC(=O)NCC1CCN(C(=O)Nc2cc(Cl)ccc2Cl)CC1. The Morgan fingerprint density at radius 1 is 1.27 bits per heavy atom. The lowest BCUT2D eigenvalue weighted by Gasteiger charge is -2.32. The monoisotopic (exact) mass is 343 g/mol. The number of piperidine rings is 1. The number of anilines is 1. The number of halogens is 2. The van der Waals surface area contributed by atoms with E-state index in [1.807, 2.05) is 0 Å². The van der Waals surface area contributed by atoms with Crippen molar-refractivity contribution in [1.82, 2.24) is 10.2 Å². The molecule has 120 valence electrons. The van der Waals surface area contributed by atoms with Crippen molar-refractivity contribution < 1.29 is 9.59 Å². The molecule has 0 atom stereocenters. The van der Waals surface area contributed by atoms with Crippen molar-refractivity contribution in [1.29, 1.82) is 0 Å². The molecule has 2 N–H and O–H groups in total. The van der Waals surface area contributed by atoms with E-state index in [0.29, 0.717) is 41.3 Å². The van der Waals surface area contributed by atoms with E-state index in [0.717, 1.165) is 12.8 Å². The Morgan fingerprint density at radius 3 is 2.59 bits per heavy atom. The highest BCUT2D eigenvalue weighted by Crippen LogP contribution is 2.26. The first-order chi connectivity index (χ1) is 10.5. The Labute approximate surface area is 139 Å². The molecule has 7 heteroatoms. The number of rotatable bonds is 3. The molecule has 5 nitrogen and oxygen atoms in total. The fourth-order valence-corrected chi connectivity index (χ4v) is 2.75. The molecule has 0 bridgehead atoms. The van der Waals surface area contributed by atoms with Crippen molar-refractivity contribution in [2.24, 2.45) is 5.92 Å². The Morgan fingerprint density at radius 2 is 1.95 bits per heavy atom. The molecule has 1 aromatic carbocycles. The molecular formula is C15H19Cl2N3O2. The van der Waals surface area contributed by atoms with E-state index >= 15 is 0 Å². The zero-order valence-electron chi connectivity index (χ0n) is 12.4. The Balaban J connectivity index is 1.85. The molecular weight excluding hydrogens is 325 g/mol. The minimum absolute atomic E-state index is 0.0178. The maximum absolute atomic E-state index is 12.2. The molecule has 1 aliphatic heterocycles. The van der Waals surface area contributed by atoms with Crippen LogP contribution < -0.4 is 10.6 Å². The molecule has 0 unspecified atom stereocenters. The van der Waals surface area contributed by atoms with Gasteiger partial charge in [0.2, 0.25) is 5.91 Å². The zero-order valence-corrected chi connectivity index (χ0v) is 13.9. The van der Waals surface area contributed by atoms with Crippen LogP contribution in [0, 0.1) is 5.92 Å². The topological polar surface area (TPSA) is 61.4 Å². The van der Waals surface area contributed by atoms with E-state index < -0.39 is 0 Å². The van der Waals surface area contributed by atoms with Gasteiger partial charge in [-0.05, 0) is 37.0 Å². The average Bonchev–Trinajstić information content (AvgIpc) is 2.49. The summed E-state index contributed by atoms with van der Waals surface area (Å²) in [7, 11) is 0. The predicted molar refractivity (Wildman–Crippen MR) is 88.5 cm³/mol. The number of hydrogen-bond donors (Lipinski definition) is 2. The van der Waals surface area contributed by atoms with Gasteiger partial charge in [0.25, 0.3) is 0 Å². The third-order valence-corrected chi connectivity index (χ3v) is 4.28. The summed E-state index contributed by atoms with van der Waals surface area (Å²) >= 11 is 11.9. The van der Waals surface area contributed by atoms with Gasteiger partial charge in [-0.25, -0.2) is 4.79 Å². The zero-order chi connectivity index (χ0) is 16.1. The summed E-state index contributed by atoms with van der Waals surface area (Å²) in [5, 5.41) is 6.59. The molecule has 0 radical (unpaired) electrons. The first-order valence-electron chi connectivity index (χ1n) is 7.21. The smallest absolute Gasteiger partial charge is 0.321 e. The summed E-state index contributed by atoms with van der Waals surface area (Å²) in [6, 6.07) is 4.78. The van der Waals surface area contributed by atoms with Gasteiger partial charge in [-0.3, -0.25) is 4.79 Å².